The molecule has 6 heteroatoms. The van der Waals surface area contributed by atoms with Crippen LogP contribution in [0.4, 0.5) is 11.4 Å². The lowest BCUT2D eigenvalue weighted by molar-refractivity contribution is -0.385. The fraction of sp³-hybridized carbons (Fsp3) is 0.400. The zero-order valence-electron chi connectivity index (χ0n) is 8.77. The Hall–Kier alpha value is -1.30. The highest BCUT2D eigenvalue weighted by Crippen LogP contribution is 2.41. The Morgan fingerprint density at radius 3 is 2.62 bits per heavy atom. The standard InChI is InChI=1S/C10H11BrN2O3/c1-16-9-6-7(11)5-8(10(9)13(14)15)12-3-2-4-12/h5-6H,2-4H2,1H3. The van der Waals surface area contributed by atoms with Crippen molar-refractivity contribution < 1.29 is 9.66 Å². The number of hydrogen-bond donors (Lipinski definition) is 0. The number of halogens is 1. The number of ether oxygens (including phenoxy) is 1. The highest BCUT2D eigenvalue weighted by molar-refractivity contribution is 9.10. The summed E-state index contributed by atoms with van der Waals surface area (Å²) < 4.78 is 5.84. The van der Waals surface area contributed by atoms with E-state index in [1.54, 1.807) is 12.1 Å². The molecule has 5 nitrogen and oxygen atoms in total. The number of rotatable bonds is 3. The van der Waals surface area contributed by atoms with E-state index >= 15 is 0 Å². The van der Waals surface area contributed by atoms with Gasteiger partial charge in [0.05, 0.1) is 12.0 Å². The lowest BCUT2D eigenvalue weighted by Crippen LogP contribution is -2.37. The van der Waals surface area contributed by atoms with Crippen molar-refractivity contribution in [3.8, 4) is 5.75 Å². The summed E-state index contributed by atoms with van der Waals surface area (Å²) in [5.74, 6) is 0.293. The third-order valence-corrected chi connectivity index (χ3v) is 3.08. The Bertz CT molecular complexity index is 432. The van der Waals surface area contributed by atoms with Crippen molar-refractivity contribution in [1.82, 2.24) is 0 Å². The maximum absolute atomic E-state index is 11.0. The van der Waals surface area contributed by atoms with Gasteiger partial charge in [-0.1, -0.05) is 15.9 Å². The molecule has 1 aliphatic rings. The van der Waals surface area contributed by atoms with Gasteiger partial charge in [-0.15, -0.1) is 0 Å². The number of nitrogens with zero attached hydrogens (tertiary/aromatic N) is 2. The molecule has 0 aliphatic carbocycles. The van der Waals surface area contributed by atoms with Crippen molar-refractivity contribution in [2.45, 2.75) is 6.42 Å². The smallest absolute Gasteiger partial charge is 0.334 e. The van der Waals surface area contributed by atoms with Gasteiger partial charge in [0.25, 0.3) is 0 Å². The van der Waals surface area contributed by atoms with E-state index in [9.17, 15) is 10.1 Å². The molecule has 0 N–H and O–H groups in total. The largest absolute Gasteiger partial charge is 0.490 e. The minimum absolute atomic E-state index is 0.0467. The summed E-state index contributed by atoms with van der Waals surface area (Å²) in [6, 6.07) is 3.38. The van der Waals surface area contributed by atoms with Crippen LogP contribution in [0.5, 0.6) is 5.75 Å². The van der Waals surface area contributed by atoms with Crippen molar-refractivity contribution in [2.75, 3.05) is 25.1 Å². The molecule has 0 saturated carbocycles. The number of hydrogen-bond acceptors (Lipinski definition) is 4. The van der Waals surface area contributed by atoms with Gasteiger partial charge < -0.3 is 9.64 Å². The Morgan fingerprint density at radius 1 is 1.50 bits per heavy atom. The number of methoxy groups -OCH3 is 1. The summed E-state index contributed by atoms with van der Waals surface area (Å²) in [6.07, 6.45) is 1.08. The van der Waals surface area contributed by atoms with Crippen LogP contribution in [-0.4, -0.2) is 25.1 Å². The van der Waals surface area contributed by atoms with Crippen molar-refractivity contribution in [1.29, 1.82) is 0 Å². The lowest BCUT2D eigenvalue weighted by Gasteiger charge is -2.32. The van der Waals surface area contributed by atoms with Gasteiger partial charge in [0.15, 0.2) is 5.75 Å². The van der Waals surface area contributed by atoms with Gasteiger partial charge in [-0.05, 0) is 12.5 Å². The van der Waals surface area contributed by atoms with Gasteiger partial charge >= 0.3 is 5.69 Å². The summed E-state index contributed by atoms with van der Waals surface area (Å²) in [6.45, 7) is 1.72. The van der Waals surface area contributed by atoms with Crippen molar-refractivity contribution >= 4 is 27.3 Å². The van der Waals surface area contributed by atoms with Crippen LogP contribution >= 0.6 is 15.9 Å². The predicted octanol–water partition coefficient (Wildman–Crippen LogP) is 2.58. The molecule has 1 aromatic carbocycles. The first-order valence-electron chi connectivity index (χ1n) is 4.90. The molecular weight excluding hydrogens is 276 g/mol. The summed E-state index contributed by atoms with van der Waals surface area (Å²) in [7, 11) is 1.44. The molecule has 16 heavy (non-hydrogen) atoms. The predicted molar refractivity (Wildman–Crippen MR) is 64.2 cm³/mol. The van der Waals surface area contributed by atoms with Crippen LogP contribution in [0.25, 0.3) is 0 Å². The van der Waals surface area contributed by atoms with Crippen LogP contribution in [0.1, 0.15) is 6.42 Å². The molecule has 0 spiro atoms. The van der Waals surface area contributed by atoms with Crippen LogP contribution in [0.2, 0.25) is 0 Å². The summed E-state index contributed by atoms with van der Waals surface area (Å²) >= 11 is 3.33. The maximum atomic E-state index is 11.0. The Labute approximate surface area is 101 Å². The van der Waals surface area contributed by atoms with Gasteiger partial charge in [0.1, 0.15) is 5.69 Å². The topological polar surface area (TPSA) is 55.6 Å². The minimum Gasteiger partial charge on any atom is -0.490 e. The number of nitro benzene ring substituents is 1. The first-order valence-corrected chi connectivity index (χ1v) is 5.69. The van der Waals surface area contributed by atoms with Gasteiger partial charge in [0, 0.05) is 23.6 Å². The van der Waals surface area contributed by atoms with Crippen LogP contribution in [0.15, 0.2) is 16.6 Å². The second kappa shape index (κ2) is 4.29. The van der Waals surface area contributed by atoms with Crippen LogP contribution in [0.3, 0.4) is 0 Å². The van der Waals surface area contributed by atoms with Crippen LogP contribution < -0.4 is 9.64 Å². The molecule has 0 bridgehead atoms. The lowest BCUT2D eigenvalue weighted by atomic mass is 10.1. The molecule has 0 aromatic heterocycles. The maximum Gasteiger partial charge on any atom is 0.334 e. The molecule has 0 unspecified atom stereocenters. The highest BCUT2D eigenvalue weighted by Gasteiger charge is 2.28. The van der Waals surface area contributed by atoms with Gasteiger partial charge in [-0.2, -0.15) is 0 Å². The molecule has 0 atom stereocenters. The molecular formula is C10H11BrN2O3. The van der Waals surface area contributed by atoms with E-state index in [1.165, 1.54) is 7.11 Å². The van der Waals surface area contributed by atoms with E-state index in [-0.39, 0.29) is 10.6 Å². The van der Waals surface area contributed by atoms with E-state index in [1.807, 2.05) is 4.90 Å². The minimum atomic E-state index is -0.390. The first-order chi connectivity index (χ1) is 7.63. The van der Waals surface area contributed by atoms with E-state index in [4.69, 9.17) is 4.74 Å². The van der Waals surface area contributed by atoms with Gasteiger partial charge in [0.2, 0.25) is 0 Å². The number of anilines is 1. The second-order valence-corrected chi connectivity index (χ2v) is 4.49. The molecule has 1 heterocycles. The molecule has 1 fully saturated rings. The van der Waals surface area contributed by atoms with Crippen molar-refractivity contribution in [2.24, 2.45) is 0 Å². The quantitative estimate of drug-likeness (QED) is 0.633. The molecule has 1 aromatic rings. The van der Waals surface area contributed by atoms with E-state index in [0.29, 0.717) is 11.4 Å². The normalized spacial score (nSPS) is 14.5. The average molecular weight is 287 g/mol. The fourth-order valence-electron chi connectivity index (χ4n) is 1.70. The van der Waals surface area contributed by atoms with E-state index in [2.05, 4.69) is 15.9 Å². The van der Waals surface area contributed by atoms with Crippen LogP contribution in [-0.2, 0) is 0 Å². The van der Waals surface area contributed by atoms with Crippen molar-refractivity contribution in [3.05, 3.63) is 26.7 Å². The summed E-state index contributed by atoms with van der Waals surface area (Å²) in [4.78, 5) is 12.6. The van der Waals surface area contributed by atoms with Gasteiger partial charge in [-0.3, -0.25) is 10.1 Å². The van der Waals surface area contributed by atoms with E-state index in [0.717, 1.165) is 24.0 Å². The highest BCUT2D eigenvalue weighted by atomic mass is 79.9. The molecule has 86 valence electrons. The third kappa shape index (κ3) is 1.84. The molecule has 0 amide bonds. The molecule has 0 radical (unpaired) electrons. The first kappa shape index (κ1) is 11.2. The zero-order chi connectivity index (χ0) is 11.7. The Balaban J connectivity index is 2.54. The Kier molecular flexibility index (Phi) is 3.00. The summed E-state index contributed by atoms with van der Waals surface area (Å²) in [5.41, 5.74) is 0.674. The Morgan fingerprint density at radius 2 is 2.19 bits per heavy atom. The van der Waals surface area contributed by atoms with E-state index < -0.39 is 0 Å². The average Bonchev–Trinajstić information content (AvgIpc) is 2.13. The summed E-state index contributed by atoms with van der Waals surface area (Å²) in [5, 5.41) is 11.0. The SMILES string of the molecule is COc1cc(Br)cc(N2CCC2)c1[N+](=O)[O-]. The monoisotopic (exact) mass is 286 g/mol. The fourth-order valence-corrected chi connectivity index (χ4v) is 2.12. The van der Waals surface area contributed by atoms with Crippen LogP contribution in [0, 0.1) is 10.1 Å². The molecule has 1 aliphatic heterocycles. The zero-order valence-corrected chi connectivity index (χ0v) is 10.4. The number of nitro groups is 1. The molecule has 1 saturated heterocycles. The number of benzene rings is 1. The third-order valence-electron chi connectivity index (χ3n) is 2.62. The van der Waals surface area contributed by atoms with Crippen molar-refractivity contribution in [3.63, 3.8) is 0 Å². The second-order valence-electron chi connectivity index (χ2n) is 3.57. The molecule has 2 rings (SSSR count). The van der Waals surface area contributed by atoms with Gasteiger partial charge in [-0.25, -0.2) is 0 Å².